The van der Waals surface area contributed by atoms with Crippen LogP contribution in [0, 0.1) is 18.5 Å². The van der Waals surface area contributed by atoms with Gasteiger partial charge in [-0.25, -0.2) is 0 Å². The van der Waals surface area contributed by atoms with Gasteiger partial charge in [-0.1, -0.05) is 103 Å². The molecule has 0 aliphatic heterocycles. The molecule has 0 aliphatic rings. The van der Waals surface area contributed by atoms with E-state index in [0.717, 1.165) is 27.6 Å². The fourth-order valence-corrected chi connectivity index (χ4v) is 16.6. The first kappa shape index (κ1) is 33.0. The number of hydrogen-bond acceptors (Lipinski definition) is 2. The van der Waals surface area contributed by atoms with E-state index >= 15 is 0 Å². The third-order valence-corrected chi connectivity index (χ3v) is 21.7. The van der Waals surface area contributed by atoms with Crippen LogP contribution in [-0.2, 0) is 21.1 Å². The smallest absolute Gasteiger partial charge is 0.0666 e. The standard InChI is InChI=1S/C61H42GeN4O.Pt/c1-62(46-24-10-4-11-25-46,47-26-12-5-13-27-47)48-38-39-63-60(40-48)66-56-33-15-14-30-54(56)55-37-36-51(42-59(55)66)67-50-29-18-28-49(41-50)64-43-65(58-35-17-16-34-57(58)64)61-52(44-20-6-2-7-21-44)31-19-32-53(61)45-22-8-3-9-23-45;/h2-40H,1H3;/q-2;/i2D,3D,6D,7D,8D,9D,20D,21D,22D,23D;. The molecule has 0 saturated carbocycles. The van der Waals surface area contributed by atoms with Gasteiger partial charge in [0.15, 0.2) is 0 Å². The molecular formula is C61H42GeN4OPt-2. The van der Waals surface area contributed by atoms with Crippen molar-refractivity contribution in [2.24, 2.45) is 0 Å². The molecule has 0 amide bonds. The van der Waals surface area contributed by atoms with Gasteiger partial charge in [0.25, 0.3) is 6.33 Å². The predicted molar refractivity (Wildman–Crippen MR) is 274 cm³/mol. The molecule has 0 radical (unpaired) electrons. The third kappa shape index (κ3) is 7.58. The van der Waals surface area contributed by atoms with Crippen LogP contribution in [-0.4, -0.2) is 27.4 Å². The molecule has 0 bridgehead atoms. The Kier molecular flexibility index (Phi) is 8.86. The SMILES string of the molecule is [2H]c1c([2H])c([2H])c(-c2cccc(-c3c([2H])c([2H])c([2H])c([2H])c3[2H])c2-[n+]2[c-]n(-c3[c-]c(Oc4[c-]c5c(cc4)c4ccccc4n5-c4c[c]([Ge]([CH3])([c]5ccccc5)[c]5ccccc5)ccn4)ccc3)c3ccccc32)c([2H])c1[2H].[Pt]. The van der Waals surface area contributed by atoms with Gasteiger partial charge in [0.2, 0.25) is 0 Å². The van der Waals surface area contributed by atoms with Crippen molar-refractivity contribution in [1.29, 1.82) is 0 Å². The zero-order chi connectivity index (χ0) is 53.4. The number of aromatic nitrogens is 4. The number of benzene rings is 9. The zero-order valence-corrected chi connectivity index (χ0v) is 40.6. The number of hydrogen-bond donors (Lipinski definition) is 0. The average molecular weight is 1120 g/mol. The van der Waals surface area contributed by atoms with Gasteiger partial charge in [0.05, 0.1) is 30.4 Å². The van der Waals surface area contributed by atoms with E-state index in [1.165, 1.54) is 13.2 Å². The average Bonchev–Trinajstić information content (AvgIpc) is 4.21. The minimum absolute atomic E-state index is 0. The summed E-state index contributed by atoms with van der Waals surface area (Å²) in [5.41, 5.74) is 3.54. The molecule has 328 valence electrons. The van der Waals surface area contributed by atoms with Gasteiger partial charge in [-0.15, -0.1) is 0 Å². The molecule has 12 rings (SSSR count). The van der Waals surface area contributed by atoms with Crippen molar-refractivity contribution in [3.63, 3.8) is 0 Å². The van der Waals surface area contributed by atoms with Gasteiger partial charge in [-0.2, -0.15) is 0 Å². The number of nitrogens with zero attached hydrogens (tertiary/aromatic N) is 4. The number of pyridine rings is 1. The summed E-state index contributed by atoms with van der Waals surface area (Å²) >= 11 is -3.21. The van der Waals surface area contributed by atoms with Crippen LogP contribution in [0.2, 0.25) is 5.76 Å². The molecule has 0 N–H and O–H groups in total. The minimum atomic E-state index is -3.21. The van der Waals surface area contributed by atoms with Crippen LogP contribution in [0.15, 0.2) is 236 Å². The Morgan fingerprint density at radius 2 is 1.16 bits per heavy atom. The minimum Gasteiger partial charge on any atom is -0.0666 e. The zero-order valence-electron chi connectivity index (χ0n) is 46.3. The van der Waals surface area contributed by atoms with Crippen LogP contribution in [0.3, 0.4) is 0 Å². The molecule has 0 saturated heterocycles. The van der Waals surface area contributed by atoms with Crippen molar-refractivity contribution >= 4 is 59.3 Å². The summed E-state index contributed by atoms with van der Waals surface area (Å²) in [6.07, 6.45) is 5.32. The van der Waals surface area contributed by atoms with Crippen LogP contribution < -0.4 is 22.5 Å². The first-order valence-electron chi connectivity index (χ1n) is 26.7. The molecule has 9 aromatic carbocycles. The Labute approximate surface area is 426 Å². The van der Waals surface area contributed by atoms with Gasteiger partial charge in [0.1, 0.15) is 0 Å². The van der Waals surface area contributed by atoms with Gasteiger partial charge in [-0.05, 0) is 22.3 Å². The Balaban J connectivity index is 0.00000645. The summed E-state index contributed by atoms with van der Waals surface area (Å²) in [5.74, 6) is 3.96. The fourth-order valence-electron chi connectivity index (χ4n) is 9.17. The van der Waals surface area contributed by atoms with Crippen molar-refractivity contribution < 1.29 is 44.1 Å². The van der Waals surface area contributed by atoms with Gasteiger partial charge < -0.3 is 0 Å². The summed E-state index contributed by atoms with van der Waals surface area (Å²) in [5, 5.41) is 2.01. The number of ether oxygens (including phenoxy) is 1. The van der Waals surface area contributed by atoms with Crippen molar-refractivity contribution in [2.45, 2.75) is 5.76 Å². The second-order valence-electron chi connectivity index (χ2n) is 16.2. The van der Waals surface area contributed by atoms with E-state index in [1.807, 2.05) is 66.9 Å². The maximum absolute atomic E-state index is 9.04. The Morgan fingerprint density at radius 1 is 0.559 bits per heavy atom. The van der Waals surface area contributed by atoms with Crippen LogP contribution in [0.25, 0.3) is 72.3 Å². The van der Waals surface area contributed by atoms with E-state index in [9.17, 15) is 0 Å². The normalized spacial score (nSPS) is 13.5. The van der Waals surface area contributed by atoms with Crippen LogP contribution in [0.5, 0.6) is 11.5 Å². The fraction of sp³-hybridized carbons (Fsp3) is 0.0164. The monoisotopic (exact) mass is 1130 g/mol. The quantitative estimate of drug-likeness (QED) is 0.0777. The van der Waals surface area contributed by atoms with Crippen LogP contribution in [0.1, 0.15) is 13.7 Å². The summed E-state index contributed by atoms with van der Waals surface area (Å²) in [4.78, 5) is 5.01. The van der Waals surface area contributed by atoms with E-state index in [4.69, 9.17) is 23.4 Å². The number of imidazole rings is 1. The first-order valence-corrected chi connectivity index (χ1v) is 27.0. The second-order valence-corrected chi connectivity index (χ2v) is 24.5. The molecule has 68 heavy (non-hydrogen) atoms. The number of para-hydroxylation sites is 4. The summed E-state index contributed by atoms with van der Waals surface area (Å²) in [6.45, 7) is 0. The van der Waals surface area contributed by atoms with Gasteiger partial charge in [-0.3, -0.25) is 4.57 Å². The van der Waals surface area contributed by atoms with Crippen LogP contribution >= 0.6 is 0 Å². The van der Waals surface area contributed by atoms with Crippen molar-refractivity contribution in [3.8, 4) is 50.9 Å². The van der Waals surface area contributed by atoms with E-state index in [2.05, 4.69) is 114 Å². The molecule has 3 aromatic heterocycles. The molecule has 3 heterocycles. The predicted octanol–water partition coefficient (Wildman–Crippen LogP) is 12.0. The molecule has 0 fully saturated rings. The van der Waals surface area contributed by atoms with E-state index < -0.39 is 73.7 Å². The maximum atomic E-state index is 9.04. The molecule has 0 spiro atoms. The van der Waals surface area contributed by atoms with Crippen molar-refractivity contribution in [2.75, 3.05) is 0 Å². The Bertz CT molecular complexity index is 4180. The van der Waals surface area contributed by atoms with Crippen LogP contribution in [0.4, 0.5) is 0 Å². The van der Waals surface area contributed by atoms with Gasteiger partial charge >= 0.3 is 242 Å². The molecule has 0 unspecified atom stereocenters. The topological polar surface area (TPSA) is 35.9 Å². The summed E-state index contributed by atoms with van der Waals surface area (Å²) in [6, 6.07) is 57.2. The molecule has 0 atom stereocenters. The van der Waals surface area contributed by atoms with Crippen molar-refractivity contribution in [1.82, 2.24) is 14.1 Å². The van der Waals surface area contributed by atoms with Gasteiger partial charge in [0, 0.05) is 21.1 Å². The Hall–Kier alpha value is -7.57. The molecule has 7 heteroatoms. The number of rotatable bonds is 10. The third-order valence-electron chi connectivity index (χ3n) is 12.4. The summed E-state index contributed by atoms with van der Waals surface area (Å²) in [7, 11) is 0. The molecular weight excluding hydrogens is 1070 g/mol. The molecule has 5 nitrogen and oxygen atoms in total. The summed E-state index contributed by atoms with van der Waals surface area (Å²) < 4.78 is 103. The number of fused-ring (bicyclic) bond motifs is 4. The molecule has 0 aliphatic carbocycles. The van der Waals surface area contributed by atoms with E-state index in [-0.39, 0.29) is 49.0 Å². The Morgan fingerprint density at radius 3 is 1.85 bits per heavy atom. The van der Waals surface area contributed by atoms with Crippen molar-refractivity contribution in [3.05, 3.63) is 255 Å². The van der Waals surface area contributed by atoms with E-state index in [1.54, 1.807) is 33.4 Å². The second kappa shape index (κ2) is 18.3. The first-order chi connectivity index (χ1) is 37.3. The molecule has 12 aromatic rings. The van der Waals surface area contributed by atoms with E-state index in [0.29, 0.717) is 28.2 Å².